The predicted molar refractivity (Wildman–Crippen MR) is 130 cm³/mol. The molecule has 36 heavy (non-hydrogen) atoms. The lowest BCUT2D eigenvalue weighted by molar-refractivity contribution is -0.143. The van der Waals surface area contributed by atoms with Gasteiger partial charge in [-0.1, -0.05) is 30.3 Å². The zero-order valence-electron chi connectivity index (χ0n) is 19.4. The Morgan fingerprint density at radius 1 is 1.06 bits per heavy atom. The summed E-state index contributed by atoms with van der Waals surface area (Å²) in [6.45, 7) is 0.537. The molecule has 2 amide bonds. The molecule has 184 valence electrons. The van der Waals surface area contributed by atoms with Crippen LogP contribution in [0, 0.1) is 5.82 Å². The van der Waals surface area contributed by atoms with E-state index in [1.54, 1.807) is 46.1 Å². The van der Waals surface area contributed by atoms with Crippen LogP contribution in [0.25, 0.3) is 16.6 Å². The molecule has 3 aromatic carbocycles. The molecule has 0 saturated carbocycles. The topological polar surface area (TPSA) is 67.2 Å². The molecule has 0 spiro atoms. The van der Waals surface area contributed by atoms with Gasteiger partial charge in [0.05, 0.1) is 29.5 Å². The van der Waals surface area contributed by atoms with Gasteiger partial charge in [-0.2, -0.15) is 13.9 Å². The Balaban J connectivity index is 1.50. The fraction of sp³-hybridized carbons (Fsp3) is 0.222. The second-order valence-corrected chi connectivity index (χ2v) is 8.97. The first-order chi connectivity index (χ1) is 17.2. The van der Waals surface area contributed by atoms with Gasteiger partial charge in [0.1, 0.15) is 5.82 Å². The van der Waals surface area contributed by atoms with Crippen molar-refractivity contribution in [3.8, 4) is 5.69 Å². The van der Waals surface area contributed by atoms with Crippen molar-refractivity contribution in [2.24, 2.45) is 0 Å². The molecule has 2 heterocycles. The Kier molecular flexibility index (Phi) is 5.99. The minimum absolute atomic E-state index is 0.0911. The summed E-state index contributed by atoms with van der Waals surface area (Å²) in [6.07, 6.45) is 1.93. The molecule has 0 radical (unpaired) electrons. The first-order valence-electron chi connectivity index (χ1n) is 11.5. The van der Waals surface area contributed by atoms with Crippen LogP contribution in [0.4, 0.5) is 18.9 Å². The van der Waals surface area contributed by atoms with Gasteiger partial charge in [0.15, 0.2) is 0 Å². The molecule has 6 nitrogen and oxygen atoms in total. The maximum Gasteiger partial charge on any atom is 0.321 e. The summed E-state index contributed by atoms with van der Waals surface area (Å²) in [4.78, 5) is 26.8. The number of rotatable bonds is 6. The largest absolute Gasteiger partial charge is 0.346 e. The van der Waals surface area contributed by atoms with Gasteiger partial charge in [-0.05, 0) is 54.4 Å². The molecule has 9 heteroatoms. The number of aromatic nitrogens is 2. The molecule has 1 aliphatic heterocycles. The summed E-state index contributed by atoms with van der Waals surface area (Å²) >= 11 is 0. The first-order valence-corrected chi connectivity index (χ1v) is 11.5. The van der Waals surface area contributed by atoms with Crippen LogP contribution in [0.15, 0.2) is 79.0 Å². The molecule has 1 N–H and O–H groups in total. The third-order valence-electron chi connectivity index (χ3n) is 6.36. The lowest BCUT2D eigenvalue weighted by atomic mass is 9.99. The Morgan fingerprint density at radius 2 is 1.75 bits per heavy atom. The number of hydrogen-bond donors (Lipinski definition) is 1. The van der Waals surface area contributed by atoms with E-state index in [4.69, 9.17) is 0 Å². The van der Waals surface area contributed by atoms with Crippen LogP contribution in [0.3, 0.4) is 0 Å². The number of benzene rings is 3. The first kappa shape index (κ1) is 23.6. The summed E-state index contributed by atoms with van der Waals surface area (Å²) in [5, 5.41) is 7.53. The molecule has 0 bridgehead atoms. The van der Waals surface area contributed by atoms with Crippen molar-refractivity contribution in [1.82, 2.24) is 15.1 Å². The molecular formula is C27H23F3N4O2. The van der Waals surface area contributed by atoms with Crippen molar-refractivity contribution < 1.29 is 22.8 Å². The number of fused-ring (bicyclic) bond motifs is 1. The molecule has 1 aromatic heterocycles. The van der Waals surface area contributed by atoms with E-state index in [2.05, 4.69) is 10.4 Å². The summed E-state index contributed by atoms with van der Waals surface area (Å²) in [7, 11) is 0. The summed E-state index contributed by atoms with van der Waals surface area (Å²) in [6, 6.07) is 19.3. The minimum atomic E-state index is -3.55. The highest BCUT2D eigenvalue weighted by Gasteiger charge is 2.44. The Labute approximate surface area is 205 Å². The van der Waals surface area contributed by atoms with E-state index in [1.807, 2.05) is 30.3 Å². The third-order valence-corrected chi connectivity index (χ3v) is 6.36. The van der Waals surface area contributed by atoms with Gasteiger partial charge in [0.25, 0.3) is 5.91 Å². The number of halogens is 3. The zero-order valence-corrected chi connectivity index (χ0v) is 19.4. The van der Waals surface area contributed by atoms with Gasteiger partial charge in [-0.3, -0.25) is 9.59 Å². The average molecular weight is 493 g/mol. The zero-order chi connectivity index (χ0) is 25.4. The van der Waals surface area contributed by atoms with Crippen molar-refractivity contribution in [2.75, 3.05) is 4.90 Å². The standard InChI is InChI=1S/C27H23F3N4O2/c1-27(29,30)26(36)32-22-15-25(35)33(24(22)13-17-5-3-2-4-6-17)21-11-12-23-18(14-21)16-31-34(23)20-9-7-19(28)8-10-20/h2-12,14,16,22,24H,13,15H2,1H3,(H,32,36)/t22-,24+/m0/s1. The van der Waals surface area contributed by atoms with E-state index in [0.29, 0.717) is 24.7 Å². The van der Waals surface area contributed by atoms with Crippen molar-refractivity contribution in [1.29, 1.82) is 0 Å². The van der Waals surface area contributed by atoms with E-state index in [0.717, 1.165) is 16.5 Å². The summed E-state index contributed by atoms with van der Waals surface area (Å²) < 4.78 is 42.3. The fourth-order valence-corrected chi connectivity index (χ4v) is 4.61. The highest BCUT2D eigenvalue weighted by molar-refractivity contribution is 6.00. The van der Waals surface area contributed by atoms with Crippen molar-refractivity contribution >= 4 is 28.4 Å². The smallest absolute Gasteiger partial charge is 0.321 e. The minimum Gasteiger partial charge on any atom is -0.346 e. The molecule has 0 unspecified atom stereocenters. The molecule has 1 aliphatic rings. The number of carbonyl (C=O) groups is 2. The van der Waals surface area contributed by atoms with Crippen LogP contribution in [0.2, 0.25) is 0 Å². The normalized spacial score (nSPS) is 18.1. The second-order valence-electron chi connectivity index (χ2n) is 8.97. The van der Waals surface area contributed by atoms with E-state index in [-0.39, 0.29) is 18.1 Å². The van der Waals surface area contributed by atoms with Crippen LogP contribution < -0.4 is 10.2 Å². The van der Waals surface area contributed by atoms with E-state index < -0.39 is 23.9 Å². The molecule has 1 fully saturated rings. The molecule has 4 aromatic rings. The Morgan fingerprint density at radius 3 is 2.44 bits per heavy atom. The summed E-state index contributed by atoms with van der Waals surface area (Å²) in [5.74, 6) is -5.58. The number of nitrogens with one attached hydrogen (secondary N) is 1. The monoisotopic (exact) mass is 492 g/mol. The lowest BCUT2D eigenvalue weighted by Gasteiger charge is -2.29. The number of hydrogen-bond acceptors (Lipinski definition) is 3. The van der Waals surface area contributed by atoms with Gasteiger partial charge in [-0.25, -0.2) is 9.07 Å². The molecular weight excluding hydrogens is 469 g/mol. The highest BCUT2D eigenvalue weighted by atomic mass is 19.3. The van der Waals surface area contributed by atoms with E-state index in [1.165, 1.54) is 12.1 Å². The van der Waals surface area contributed by atoms with Gasteiger partial charge >= 0.3 is 5.92 Å². The maximum atomic E-state index is 13.6. The van der Waals surface area contributed by atoms with Gasteiger partial charge in [0, 0.05) is 24.4 Å². The average Bonchev–Trinajstić information content (AvgIpc) is 3.40. The van der Waals surface area contributed by atoms with Gasteiger partial charge < -0.3 is 10.2 Å². The van der Waals surface area contributed by atoms with Crippen LogP contribution in [-0.2, 0) is 16.0 Å². The molecule has 1 saturated heterocycles. The van der Waals surface area contributed by atoms with E-state index >= 15 is 0 Å². The van der Waals surface area contributed by atoms with Gasteiger partial charge in [0.2, 0.25) is 5.91 Å². The number of alkyl halides is 2. The lowest BCUT2D eigenvalue weighted by Crippen LogP contribution is -2.50. The number of nitrogens with zero attached hydrogens (tertiary/aromatic N) is 3. The predicted octanol–water partition coefficient (Wildman–Crippen LogP) is 4.65. The number of amides is 2. The van der Waals surface area contributed by atoms with Crippen LogP contribution in [0.5, 0.6) is 0 Å². The molecule has 0 aliphatic carbocycles. The Bertz CT molecular complexity index is 1410. The number of carbonyl (C=O) groups excluding carboxylic acids is 2. The van der Waals surface area contributed by atoms with Crippen LogP contribution in [0.1, 0.15) is 18.9 Å². The van der Waals surface area contributed by atoms with Crippen LogP contribution in [-0.4, -0.2) is 39.6 Å². The van der Waals surface area contributed by atoms with Crippen molar-refractivity contribution in [3.05, 3.63) is 90.4 Å². The maximum absolute atomic E-state index is 13.6. The quantitative estimate of drug-likeness (QED) is 0.426. The molecule has 2 atom stereocenters. The Hall–Kier alpha value is -4.14. The molecule has 5 rings (SSSR count). The van der Waals surface area contributed by atoms with Crippen molar-refractivity contribution in [2.45, 2.75) is 37.8 Å². The van der Waals surface area contributed by atoms with Gasteiger partial charge in [-0.15, -0.1) is 0 Å². The van der Waals surface area contributed by atoms with Crippen LogP contribution >= 0.6 is 0 Å². The second kappa shape index (κ2) is 9.14. The highest BCUT2D eigenvalue weighted by Crippen LogP contribution is 2.32. The van der Waals surface area contributed by atoms with Crippen molar-refractivity contribution in [3.63, 3.8) is 0 Å². The number of anilines is 1. The van der Waals surface area contributed by atoms with E-state index in [9.17, 15) is 22.8 Å². The third kappa shape index (κ3) is 4.56. The summed E-state index contributed by atoms with van der Waals surface area (Å²) in [5.41, 5.74) is 2.93. The SMILES string of the molecule is CC(F)(F)C(=O)N[C@H]1CC(=O)N(c2ccc3c(cnn3-c3ccc(F)cc3)c2)[C@@H]1Cc1ccccc1. The fourth-order valence-electron chi connectivity index (χ4n) is 4.61.